The van der Waals surface area contributed by atoms with Crippen molar-refractivity contribution in [1.82, 2.24) is 19.8 Å². The van der Waals surface area contributed by atoms with Gasteiger partial charge >= 0.3 is 0 Å². The van der Waals surface area contributed by atoms with Crippen molar-refractivity contribution < 1.29 is 9.53 Å². The molecule has 21 heavy (non-hydrogen) atoms. The highest BCUT2D eigenvalue weighted by atomic mass is 16.5. The number of nitrogens with zero attached hydrogens (tertiary/aromatic N) is 3. The molecule has 2 aliphatic rings. The maximum Gasteiger partial charge on any atom is 0.240 e. The summed E-state index contributed by atoms with van der Waals surface area (Å²) in [5, 5.41) is 3.19. The molecule has 0 radical (unpaired) electrons. The predicted molar refractivity (Wildman–Crippen MR) is 79.0 cm³/mol. The molecule has 1 saturated carbocycles. The molecule has 4 atom stereocenters. The van der Waals surface area contributed by atoms with Crippen LogP contribution in [0, 0.1) is 19.8 Å². The van der Waals surface area contributed by atoms with Crippen molar-refractivity contribution in [2.75, 3.05) is 20.7 Å². The number of rotatable bonds is 4. The number of likely N-dealkylation sites (N-methyl/N-ethyl adjacent to an activating group) is 1. The SMILES string of the molecule is Cc1ncn(CC(=O)N[C@H]2[C@H]3CCO[C@H]3[C@@H]2N(C)C)c1C. The van der Waals surface area contributed by atoms with Crippen LogP contribution in [-0.4, -0.2) is 59.2 Å². The van der Waals surface area contributed by atoms with Crippen molar-refractivity contribution in [3.05, 3.63) is 17.7 Å². The highest BCUT2D eigenvalue weighted by Crippen LogP contribution is 2.41. The Hall–Kier alpha value is -1.40. The lowest BCUT2D eigenvalue weighted by Gasteiger charge is -2.50. The number of fused-ring (bicyclic) bond motifs is 1. The molecule has 2 heterocycles. The summed E-state index contributed by atoms with van der Waals surface area (Å²) in [5.74, 6) is 0.518. The third kappa shape index (κ3) is 2.46. The van der Waals surface area contributed by atoms with Crippen molar-refractivity contribution in [3.8, 4) is 0 Å². The zero-order valence-corrected chi connectivity index (χ0v) is 13.2. The van der Waals surface area contributed by atoms with E-state index in [1.807, 2.05) is 32.5 Å². The first kappa shape index (κ1) is 14.5. The van der Waals surface area contributed by atoms with E-state index in [1.165, 1.54) is 0 Å². The quantitative estimate of drug-likeness (QED) is 0.869. The van der Waals surface area contributed by atoms with Crippen molar-refractivity contribution >= 4 is 5.91 Å². The van der Waals surface area contributed by atoms with Crippen LogP contribution in [0.3, 0.4) is 0 Å². The average Bonchev–Trinajstić information content (AvgIpc) is 2.95. The lowest BCUT2D eigenvalue weighted by Crippen LogP contribution is -2.69. The van der Waals surface area contributed by atoms with Gasteiger partial charge in [0.2, 0.25) is 5.91 Å². The van der Waals surface area contributed by atoms with Gasteiger partial charge < -0.3 is 19.5 Å². The first-order chi connectivity index (χ1) is 9.99. The van der Waals surface area contributed by atoms with Gasteiger partial charge in [0, 0.05) is 18.2 Å². The summed E-state index contributed by atoms with van der Waals surface area (Å²) in [6.45, 7) is 5.09. The standard InChI is InChI=1S/C15H24N4O2/c1-9-10(2)19(8-16-9)7-12(20)17-13-11-5-6-21-15(11)14(13)18(3)4/h8,11,13-15H,5-7H2,1-4H3,(H,17,20)/t11-,13+,14-,15-/m1/s1. The number of carbonyl (C=O) groups excluding carboxylic acids is 1. The van der Waals surface area contributed by atoms with Crippen LogP contribution in [0.15, 0.2) is 6.33 Å². The monoisotopic (exact) mass is 292 g/mol. The van der Waals surface area contributed by atoms with E-state index in [4.69, 9.17) is 4.74 Å². The molecule has 1 aliphatic carbocycles. The van der Waals surface area contributed by atoms with E-state index in [0.29, 0.717) is 12.5 Å². The Kier molecular flexibility index (Phi) is 3.75. The molecule has 1 amide bonds. The third-order valence-electron chi connectivity index (χ3n) is 4.93. The van der Waals surface area contributed by atoms with Gasteiger partial charge in [-0.05, 0) is 34.4 Å². The first-order valence-corrected chi connectivity index (χ1v) is 7.54. The van der Waals surface area contributed by atoms with Gasteiger partial charge in [0.1, 0.15) is 6.54 Å². The first-order valence-electron chi connectivity index (χ1n) is 7.54. The summed E-state index contributed by atoms with van der Waals surface area (Å²) in [7, 11) is 4.09. The molecule has 0 unspecified atom stereocenters. The number of ether oxygens (including phenoxy) is 1. The second kappa shape index (κ2) is 5.42. The summed E-state index contributed by atoms with van der Waals surface area (Å²) in [4.78, 5) is 18.7. The molecule has 1 aromatic rings. The van der Waals surface area contributed by atoms with Gasteiger partial charge in [0.05, 0.1) is 30.2 Å². The number of hydrogen-bond acceptors (Lipinski definition) is 4. The summed E-state index contributed by atoms with van der Waals surface area (Å²) in [6, 6.07) is 0.483. The van der Waals surface area contributed by atoms with Crippen LogP contribution < -0.4 is 5.32 Å². The van der Waals surface area contributed by atoms with Crippen LogP contribution in [0.1, 0.15) is 17.8 Å². The van der Waals surface area contributed by atoms with Gasteiger partial charge in [-0.15, -0.1) is 0 Å². The lowest BCUT2D eigenvalue weighted by molar-refractivity contribution is -0.128. The van der Waals surface area contributed by atoms with E-state index in [9.17, 15) is 4.79 Å². The smallest absolute Gasteiger partial charge is 0.240 e. The van der Waals surface area contributed by atoms with E-state index in [1.54, 1.807) is 6.33 Å². The zero-order chi connectivity index (χ0) is 15.1. The van der Waals surface area contributed by atoms with E-state index >= 15 is 0 Å². The maximum atomic E-state index is 12.3. The third-order valence-corrected chi connectivity index (χ3v) is 4.93. The maximum absolute atomic E-state index is 12.3. The Labute approximate surface area is 125 Å². The molecule has 6 nitrogen and oxygen atoms in total. The van der Waals surface area contributed by atoms with Crippen molar-refractivity contribution in [1.29, 1.82) is 0 Å². The Morgan fingerprint density at radius 3 is 2.90 bits per heavy atom. The normalized spacial score (nSPS) is 31.1. The molecule has 3 rings (SSSR count). The summed E-state index contributed by atoms with van der Waals surface area (Å²) in [6.07, 6.45) is 3.06. The van der Waals surface area contributed by atoms with Gasteiger partial charge in [-0.1, -0.05) is 0 Å². The molecule has 0 aromatic carbocycles. The van der Waals surface area contributed by atoms with E-state index < -0.39 is 0 Å². The largest absolute Gasteiger partial charge is 0.376 e. The number of carbonyl (C=O) groups is 1. The van der Waals surface area contributed by atoms with Crippen LogP contribution in [-0.2, 0) is 16.1 Å². The molecule has 116 valence electrons. The van der Waals surface area contributed by atoms with E-state index in [-0.39, 0.29) is 24.1 Å². The van der Waals surface area contributed by atoms with Gasteiger partial charge in [0.15, 0.2) is 0 Å². The van der Waals surface area contributed by atoms with Gasteiger partial charge in [-0.3, -0.25) is 4.79 Å². The second-order valence-corrected chi connectivity index (χ2v) is 6.38. The molecular formula is C15H24N4O2. The summed E-state index contributed by atoms with van der Waals surface area (Å²) in [5.41, 5.74) is 2.02. The number of imidazole rings is 1. The molecular weight excluding hydrogens is 268 g/mol. The van der Waals surface area contributed by atoms with Crippen LogP contribution in [0.2, 0.25) is 0 Å². The van der Waals surface area contributed by atoms with Gasteiger partial charge in [0.25, 0.3) is 0 Å². The number of aryl methyl sites for hydroxylation is 1. The number of aromatic nitrogens is 2. The summed E-state index contributed by atoms with van der Waals surface area (Å²) < 4.78 is 7.67. The second-order valence-electron chi connectivity index (χ2n) is 6.38. The molecule has 2 fully saturated rings. The number of nitrogens with one attached hydrogen (secondary N) is 1. The number of hydrogen-bond donors (Lipinski definition) is 1. The molecule has 1 saturated heterocycles. The van der Waals surface area contributed by atoms with Crippen LogP contribution in [0.4, 0.5) is 0 Å². The minimum absolute atomic E-state index is 0.0534. The molecule has 1 aliphatic heterocycles. The highest BCUT2D eigenvalue weighted by molar-refractivity contribution is 5.76. The van der Waals surface area contributed by atoms with Crippen LogP contribution in [0.5, 0.6) is 0 Å². The summed E-state index contributed by atoms with van der Waals surface area (Å²) >= 11 is 0. The lowest BCUT2D eigenvalue weighted by atomic mass is 9.71. The minimum Gasteiger partial charge on any atom is -0.376 e. The van der Waals surface area contributed by atoms with Gasteiger partial charge in [-0.2, -0.15) is 0 Å². The van der Waals surface area contributed by atoms with Crippen LogP contribution in [0.25, 0.3) is 0 Å². The van der Waals surface area contributed by atoms with Crippen molar-refractivity contribution in [2.45, 2.75) is 45.0 Å². The van der Waals surface area contributed by atoms with Crippen molar-refractivity contribution in [2.24, 2.45) is 5.92 Å². The minimum atomic E-state index is 0.0534. The fourth-order valence-electron chi connectivity index (χ4n) is 3.57. The predicted octanol–water partition coefficient (Wildman–Crippen LogP) is 0.334. The fourth-order valence-corrected chi connectivity index (χ4v) is 3.57. The Morgan fingerprint density at radius 1 is 1.52 bits per heavy atom. The topological polar surface area (TPSA) is 59.4 Å². The molecule has 1 aromatic heterocycles. The van der Waals surface area contributed by atoms with Crippen LogP contribution >= 0.6 is 0 Å². The Balaban J connectivity index is 1.63. The molecule has 1 N–H and O–H groups in total. The van der Waals surface area contributed by atoms with E-state index in [0.717, 1.165) is 24.4 Å². The Morgan fingerprint density at radius 2 is 2.29 bits per heavy atom. The highest BCUT2D eigenvalue weighted by Gasteiger charge is 2.55. The average molecular weight is 292 g/mol. The zero-order valence-electron chi connectivity index (χ0n) is 13.2. The Bertz CT molecular complexity index is 540. The van der Waals surface area contributed by atoms with E-state index in [2.05, 4.69) is 15.2 Å². The fraction of sp³-hybridized carbons (Fsp3) is 0.733. The van der Waals surface area contributed by atoms with Crippen molar-refractivity contribution in [3.63, 3.8) is 0 Å². The molecule has 6 heteroatoms. The van der Waals surface area contributed by atoms with Gasteiger partial charge in [-0.25, -0.2) is 4.98 Å². The molecule has 0 bridgehead atoms. The molecule has 0 spiro atoms. The number of amides is 1.